The van der Waals surface area contributed by atoms with Crippen LogP contribution in [0.25, 0.3) is 0 Å². The van der Waals surface area contributed by atoms with Crippen molar-refractivity contribution in [2.75, 3.05) is 6.54 Å². The molecule has 0 aliphatic carbocycles. The van der Waals surface area contributed by atoms with Gasteiger partial charge >= 0.3 is 0 Å². The summed E-state index contributed by atoms with van der Waals surface area (Å²) in [6.07, 6.45) is 0.454. The molecule has 1 fully saturated rings. The fraction of sp³-hybridized carbons (Fsp3) is 0.500. The lowest BCUT2D eigenvalue weighted by molar-refractivity contribution is -0.138. The minimum atomic E-state index is -0.614. The van der Waals surface area contributed by atoms with E-state index in [0.717, 1.165) is 11.5 Å². The zero-order valence-electron chi connectivity index (χ0n) is 9.97. The molecule has 1 aromatic rings. The van der Waals surface area contributed by atoms with Crippen molar-refractivity contribution < 1.29 is 14.4 Å². The molecule has 1 aliphatic heterocycles. The number of carbonyl (C=O) groups is 3. The van der Waals surface area contributed by atoms with E-state index in [2.05, 4.69) is 14.9 Å². The summed E-state index contributed by atoms with van der Waals surface area (Å²) in [7, 11) is 0. The quantitative estimate of drug-likeness (QED) is 0.745. The zero-order chi connectivity index (χ0) is 13.3. The van der Waals surface area contributed by atoms with Crippen molar-refractivity contribution in [1.29, 1.82) is 0 Å². The molecule has 96 valence electrons. The predicted octanol–water partition coefficient (Wildman–Crippen LogP) is -0.276. The number of amides is 3. The van der Waals surface area contributed by atoms with E-state index < -0.39 is 17.9 Å². The fourth-order valence-corrected chi connectivity index (χ4v) is 2.46. The molecule has 7 nitrogen and oxygen atoms in total. The van der Waals surface area contributed by atoms with E-state index in [1.807, 2.05) is 0 Å². The number of carbonyl (C=O) groups excluding carboxylic acids is 3. The molecule has 3 amide bonds. The maximum Gasteiger partial charge on any atom is 0.268 e. The lowest BCUT2D eigenvalue weighted by Crippen LogP contribution is -2.59. The van der Waals surface area contributed by atoms with Crippen LogP contribution in [-0.4, -0.2) is 44.8 Å². The van der Waals surface area contributed by atoms with Crippen LogP contribution in [0.1, 0.15) is 28.7 Å². The van der Waals surface area contributed by atoms with Crippen LogP contribution in [0.5, 0.6) is 0 Å². The van der Waals surface area contributed by atoms with Crippen LogP contribution in [0, 0.1) is 6.92 Å². The van der Waals surface area contributed by atoms with Crippen molar-refractivity contribution in [3.05, 3.63) is 10.6 Å². The molecule has 0 saturated carbocycles. The maximum atomic E-state index is 12.3. The van der Waals surface area contributed by atoms with E-state index in [-0.39, 0.29) is 12.5 Å². The first-order valence-corrected chi connectivity index (χ1v) is 6.25. The number of hydrogen-bond acceptors (Lipinski definition) is 6. The SMILES string of the molecule is CCC1C(=O)NC(=O)CN1C(=O)c1snnc1C. The van der Waals surface area contributed by atoms with Crippen molar-refractivity contribution in [2.45, 2.75) is 26.3 Å². The number of rotatable bonds is 2. The molecule has 0 aromatic carbocycles. The molecule has 1 unspecified atom stereocenters. The molecule has 1 saturated heterocycles. The fourth-order valence-electron chi connectivity index (χ4n) is 1.84. The lowest BCUT2D eigenvalue weighted by atomic mass is 10.1. The van der Waals surface area contributed by atoms with Gasteiger partial charge in [-0.15, -0.1) is 5.10 Å². The Morgan fingerprint density at radius 1 is 1.56 bits per heavy atom. The summed E-state index contributed by atoms with van der Waals surface area (Å²) < 4.78 is 3.69. The van der Waals surface area contributed by atoms with Gasteiger partial charge in [-0.25, -0.2) is 0 Å². The third kappa shape index (κ3) is 2.10. The van der Waals surface area contributed by atoms with Gasteiger partial charge in [0, 0.05) is 0 Å². The first kappa shape index (κ1) is 12.6. The molecular weight excluding hydrogens is 256 g/mol. The van der Waals surface area contributed by atoms with Gasteiger partial charge in [0.05, 0.1) is 5.69 Å². The van der Waals surface area contributed by atoms with Gasteiger partial charge < -0.3 is 4.90 Å². The second-order valence-corrected chi connectivity index (χ2v) is 4.71. The highest BCUT2D eigenvalue weighted by Crippen LogP contribution is 2.17. The van der Waals surface area contributed by atoms with Crippen LogP contribution < -0.4 is 5.32 Å². The molecule has 0 spiro atoms. The highest BCUT2D eigenvalue weighted by atomic mass is 32.1. The monoisotopic (exact) mass is 268 g/mol. The Labute approximate surface area is 107 Å². The van der Waals surface area contributed by atoms with Crippen LogP contribution in [0.15, 0.2) is 0 Å². The van der Waals surface area contributed by atoms with E-state index in [1.54, 1.807) is 13.8 Å². The van der Waals surface area contributed by atoms with Gasteiger partial charge in [0.15, 0.2) is 0 Å². The summed E-state index contributed by atoms with van der Waals surface area (Å²) in [6.45, 7) is 3.35. The Balaban J connectivity index is 2.30. The number of imide groups is 1. The van der Waals surface area contributed by atoms with Gasteiger partial charge in [0.25, 0.3) is 5.91 Å². The molecule has 18 heavy (non-hydrogen) atoms. The summed E-state index contributed by atoms with van der Waals surface area (Å²) in [5.41, 5.74) is 0.512. The van der Waals surface area contributed by atoms with Crippen molar-refractivity contribution in [2.24, 2.45) is 0 Å². The summed E-state index contributed by atoms with van der Waals surface area (Å²) >= 11 is 0.971. The first-order valence-electron chi connectivity index (χ1n) is 5.48. The van der Waals surface area contributed by atoms with Gasteiger partial charge in [-0.2, -0.15) is 0 Å². The van der Waals surface area contributed by atoms with Crippen LogP contribution in [-0.2, 0) is 9.59 Å². The topological polar surface area (TPSA) is 92.3 Å². The molecule has 1 aromatic heterocycles. The van der Waals surface area contributed by atoms with Crippen molar-refractivity contribution in [3.63, 3.8) is 0 Å². The number of nitrogens with one attached hydrogen (secondary N) is 1. The molecule has 8 heteroatoms. The minimum absolute atomic E-state index is 0.111. The maximum absolute atomic E-state index is 12.3. The van der Waals surface area contributed by atoms with Gasteiger partial charge in [-0.1, -0.05) is 11.4 Å². The van der Waals surface area contributed by atoms with Crippen LogP contribution >= 0.6 is 11.5 Å². The average molecular weight is 268 g/mol. The molecular formula is C10H12N4O3S. The first-order chi connectivity index (χ1) is 8.54. The molecule has 1 aliphatic rings. The number of hydrogen-bond donors (Lipinski definition) is 1. The molecule has 2 rings (SSSR count). The van der Waals surface area contributed by atoms with Crippen LogP contribution in [0.3, 0.4) is 0 Å². The second-order valence-electron chi connectivity index (χ2n) is 3.96. The summed E-state index contributed by atoms with van der Waals surface area (Å²) in [6, 6.07) is -0.614. The predicted molar refractivity (Wildman–Crippen MR) is 62.9 cm³/mol. The van der Waals surface area contributed by atoms with E-state index in [1.165, 1.54) is 4.90 Å². The van der Waals surface area contributed by atoms with Crippen molar-refractivity contribution >= 4 is 29.3 Å². The van der Waals surface area contributed by atoms with Gasteiger partial charge in [0.1, 0.15) is 17.5 Å². The number of aromatic nitrogens is 2. The van der Waals surface area contributed by atoms with Crippen molar-refractivity contribution in [1.82, 2.24) is 19.8 Å². The van der Waals surface area contributed by atoms with Gasteiger partial charge in [-0.3, -0.25) is 19.7 Å². The molecule has 1 atom stereocenters. The average Bonchev–Trinajstić information content (AvgIpc) is 2.73. The van der Waals surface area contributed by atoms with E-state index in [9.17, 15) is 14.4 Å². The minimum Gasteiger partial charge on any atom is -0.316 e. The Kier molecular flexibility index (Phi) is 3.37. The molecule has 0 radical (unpaired) electrons. The smallest absolute Gasteiger partial charge is 0.268 e. The molecule has 1 N–H and O–H groups in total. The van der Waals surface area contributed by atoms with E-state index >= 15 is 0 Å². The third-order valence-corrected chi connectivity index (χ3v) is 3.56. The molecule has 0 bridgehead atoms. The van der Waals surface area contributed by atoms with Gasteiger partial charge in [-0.05, 0) is 24.9 Å². The van der Waals surface area contributed by atoms with Crippen LogP contribution in [0.4, 0.5) is 0 Å². The van der Waals surface area contributed by atoms with E-state index in [4.69, 9.17) is 0 Å². The van der Waals surface area contributed by atoms with E-state index in [0.29, 0.717) is 17.0 Å². The summed E-state index contributed by atoms with van der Waals surface area (Å²) in [5, 5.41) is 5.98. The standard InChI is InChI=1S/C10H12N4O3S/c1-3-6-9(16)11-7(15)4-14(6)10(17)8-5(2)12-13-18-8/h6H,3-4H2,1-2H3,(H,11,15,16). The Morgan fingerprint density at radius 2 is 2.28 bits per heavy atom. The Bertz CT molecular complexity index is 513. The highest BCUT2D eigenvalue weighted by molar-refractivity contribution is 7.08. The Morgan fingerprint density at radius 3 is 2.83 bits per heavy atom. The highest BCUT2D eigenvalue weighted by Gasteiger charge is 2.37. The zero-order valence-corrected chi connectivity index (χ0v) is 10.8. The van der Waals surface area contributed by atoms with Crippen molar-refractivity contribution in [3.8, 4) is 0 Å². The normalized spacial score (nSPS) is 19.9. The second kappa shape index (κ2) is 4.81. The summed E-state index contributed by atoms with van der Waals surface area (Å²) in [5.74, 6) is -1.26. The largest absolute Gasteiger partial charge is 0.316 e. The lowest BCUT2D eigenvalue weighted by Gasteiger charge is -2.32. The van der Waals surface area contributed by atoms with Gasteiger partial charge in [0.2, 0.25) is 11.8 Å². The molecule has 2 heterocycles. The number of aryl methyl sites for hydroxylation is 1. The number of nitrogens with zero attached hydrogens (tertiary/aromatic N) is 3. The third-order valence-electron chi connectivity index (χ3n) is 2.75. The number of piperazine rings is 1. The summed E-state index contributed by atoms with van der Waals surface area (Å²) in [4.78, 5) is 36.9. The Hall–Kier alpha value is -1.83. The van der Waals surface area contributed by atoms with Crippen LogP contribution in [0.2, 0.25) is 0 Å².